The van der Waals surface area contributed by atoms with Gasteiger partial charge in [-0.15, -0.1) is 5.10 Å². The zero-order chi connectivity index (χ0) is 20.4. The van der Waals surface area contributed by atoms with Crippen LogP contribution in [0.2, 0.25) is 0 Å². The molecule has 2 heterocycles. The highest BCUT2D eigenvalue weighted by atomic mass is 19.1. The van der Waals surface area contributed by atoms with Crippen molar-refractivity contribution in [1.82, 2.24) is 14.8 Å². The molecule has 4 aromatic rings. The molecular formula is C23H22FN3O2. The largest absolute Gasteiger partial charge is 0.496 e. The van der Waals surface area contributed by atoms with Gasteiger partial charge in [0.15, 0.2) is 0 Å². The van der Waals surface area contributed by atoms with E-state index in [2.05, 4.69) is 28.6 Å². The van der Waals surface area contributed by atoms with Crippen molar-refractivity contribution in [2.24, 2.45) is 0 Å². The lowest BCUT2D eigenvalue weighted by Gasteiger charge is -2.14. The molecule has 6 heteroatoms. The van der Waals surface area contributed by atoms with Crippen molar-refractivity contribution in [2.45, 2.75) is 27.0 Å². The van der Waals surface area contributed by atoms with Gasteiger partial charge in [-0.25, -0.2) is 4.39 Å². The molecule has 4 rings (SSSR count). The molecule has 0 saturated heterocycles. The van der Waals surface area contributed by atoms with Crippen LogP contribution in [0.25, 0.3) is 10.9 Å². The summed E-state index contributed by atoms with van der Waals surface area (Å²) in [6.45, 7) is 5.06. The van der Waals surface area contributed by atoms with Crippen molar-refractivity contribution in [3.8, 4) is 11.6 Å². The van der Waals surface area contributed by atoms with Crippen LogP contribution in [0.3, 0.4) is 0 Å². The van der Waals surface area contributed by atoms with Crippen molar-refractivity contribution >= 4 is 10.9 Å². The molecule has 0 N–H and O–H groups in total. The first-order valence-corrected chi connectivity index (χ1v) is 9.38. The Morgan fingerprint density at radius 1 is 1.03 bits per heavy atom. The molecule has 2 aromatic heterocycles. The lowest BCUT2D eigenvalue weighted by molar-refractivity contribution is 0.293. The molecule has 0 spiro atoms. The van der Waals surface area contributed by atoms with E-state index in [0.717, 1.165) is 39.0 Å². The predicted octanol–water partition coefficient (Wildman–Crippen LogP) is 4.82. The van der Waals surface area contributed by atoms with Gasteiger partial charge in [-0.05, 0) is 43.2 Å². The topological polar surface area (TPSA) is 49.2 Å². The van der Waals surface area contributed by atoms with Crippen LogP contribution < -0.4 is 9.47 Å². The monoisotopic (exact) mass is 391 g/mol. The number of hydrogen-bond donors (Lipinski definition) is 0. The lowest BCUT2D eigenvalue weighted by atomic mass is 10.2. The number of halogens is 1. The highest BCUT2D eigenvalue weighted by Gasteiger charge is 2.18. The zero-order valence-electron chi connectivity index (χ0n) is 16.6. The van der Waals surface area contributed by atoms with Crippen LogP contribution in [0.15, 0.2) is 54.7 Å². The Morgan fingerprint density at radius 2 is 1.79 bits per heavy atom. The lowest BCUT2D eigenvalue weighted by Crippen LogP contribution is -2.06. The van der Waals surface area contributed by atoms with E-state index < -0.39 is 0 Å². The summed E-state index contributed by atoms with van der Waals surface area (Å²) in [5.74, 6) is 1.02. The first-order chi connectivity index (χ1) is 14.1. The summed E-state index contributed by atoms with van der Waals surface area (Å²) in [4.78, 5) is 0. The van der Waals surface area contributed by atoms with Crippen molar-refractivity contribution in [3.63, 3.8) is 0 Å². The smallest absolute Gasteiger partial charge is 0.258 e. The second kappa shape index (κ2) is 7.91. The van der Waals surface area contributed by atoms with E-state index in [1.165, 1.54) is 12.1 Å². The van der Waals surface area contributed by atoms with E-state index in [1.807, 2.05) is 24.3 Å². The fourth-order valence-electron chi connectivity index (χ4n) is 3.49. The van der Waals surface area contributed by atoms with Gasteiger partial charge in [0.25, 0.3) is 5.88 Å². The van der Waals surface area contributed by atoms with E-state index in [9.17, 15) is 4.39 Å². The second-order valence-electron chi connectivity index (χ2n) is 6.94. The molecule has 5 nitrogen and oxygen atoms in total. The standard InChI is InChI=1S/C23H22FN3O2/c1-15-16(2)27(13-18-6-4-5-7-21(18)28-3)22-20(15)12-25-26-23(22)29-14-17-8-10-19(24)11-9-17/h4-12H,13-14H2,1-3H3. The number of fused-ring (bicyclic) bond motifs is 1. The van der Waals surface area contributed by atoms with Crippen LogP contribution in [0.5, 0.6) is 11.6 Å². The van der Waals surface area contributed by atoms with Gasteiger partial charge in [0, 0.05) is 16.6 Å². The normalized spacial score (nSPS) is 11.0. The van der Waals surface area contributed by atoms with Crippen LogP contribution in [0.1, 0.15) is 22.4 Å². The number of benzene rings is 2. The summed E-state index contributed by atoms with van der Waals surface area (Å²) in [5.41, 5.74) is 5.07. The van der Waals surface area contributed by atoms with E-state index >= 15 is 0 Å². The van der Waals surface area contributed by atoms with E-state index in [1.54, 1.807) is 25.4 Å². The molecule has 0 aliphatic rings. The van der Waals surface area contributed by atoms with Crippen LogP contribution in [-0.4, -0.2) is 21.9 Å². The summed E-state index contributed by atoms with van der Waals surface area (Å²) in [7, 11) is 1.67. The maximum absolute atomic E-state index is 13.2. The zero-order valence-corrected chi connectivity index (χ0v) is 16.6. The van der Waals surface area contributed by atoms with Gasteiger partial charge in [-0.3, -0.25) is 0 Å². The fourth-order valence-corrected chi connectivity index (χ4v) is 3.49. The summed E-state index contributed by atoms with van der Waals surface area (Å²) < 4.78 is 26.8. The number of methoxy groups -OCH3 is 1. The first kappa shape index (κ1) is 18.9. The van der Waals surface area contributed by atoms with Crippen molar-refractivity contribution in [3.05, 3.63) is 82.9 Å². The molecule has 0 amide bonds. The Hall–Kier alpha value is -3.41. The molecule has 0 bridgehead atoms. The van der Waals surface area contributed by atoms with Gasteiger partial charge < -0.3 is 14.0 Å². The number of nitrogens with zero attached hydrogens (tertiary/aromatic N) is 3. The molecule has 2 aromatic carbocycles. The minimum absolute atomic E-state index is 0.271. The predicted molar refractivity (Wildman–Crippen MR) is 110 cm³/mol. The van der Waals surface area contributed by atoms with Gasteiger partial charge >= 0.3 is 0 Å². The summed E-state index contributed by atoms with van der Waals surface area (Å²) in [6.07, 6.45) is 1.77. The van der Waals surface area contributed by atoms with Crippen molar-refractivity contribution < 1.29 is 13.9 Å². The summed E-state index contributed by atoms with van der Waals surface area (Å²) in [5, 5.41) is 9.36. The van der Waals surface area contributed by atoms with Crippen LogP contribution in [0, 0.1) is 19.7 Å². The fraction of sp³-hybridized carbons (Fsp3) is 0.217. The molecule has 0 radical (unpaired) electrons. The Labute approximate surface area is 168 Å². The number of hydrogen-bond acceptors (Lipinski definition) is 4. The molecular weight excluding hydrogens is 369 g/mol. The summed E-state index contributed by atoms with van der Waals surface area (Å²) in [6, 6.07) is 14.2. The van der Waals surface area contributed by atoms with Crippen molar-refractivity contribution in [2.75, 3.05) is 7.11 Å². The third kappa shape index (κ3) is 3.66. The number of rotatable bonds is 6. The minimum atomic E-state index is -0.271. The molecule has 0 unspecified atom stereocenters. The van der Waals surface area contributed by atoms with Gasteiger partial charge in [0.05, 0.1) is 19.9 Å². The molecule has 148 valence electrons. The third-order valence-corrected chi connectivity index (χ3v) is 5.22. The average molecular weight is 391 g/mol. The summed E-state index contributed by atoms with van der Waals surface area (Å²) >= 11 is 0. The van der Waals surface area contributed by atoms with Crippen molar-refractivity contribution in [1.29, 1.82) is 0 Å². The number of aryl methyl sites for hydroxylation is 1. The molecule has 0 aliphatic heterocycles. The average Bonchev–Trinajstić information content (AvgIpc) is 2.99. The molecule has 0 atom stereocenters. The number of ether oxygens (including phenoxy) is 2. The Kier molecular flexibility index (Phi) is 5.16. The van der Waals surface area contributed by atoms with E-state index in [-0.39, 0.29) is 12.4 Å². The van der Waals surface area contributed by atoms with Crippen LogP contribution in [0.4, 0.5) is 4.39 Å². The van der Waals surface area contributed by atoms with E-state index in [4.69, 9.17) is 9.47 Å². The SMILES string of the molecule is COc1ccccc1Cn1c(C)c(C)c2cnnc(OCc3ccc(F)cc3)c21. The first-order valence-electron chi connectivity index (χ1n) is 9.38. The second-order valence-corrected chi connectivity index (χ2v) is 6.94. The molecule has 29 heavy (non-hydrogen) atoms. The van der Waals surface area contributed by atoms with Gasteiger partial charge in [-0.2, -0.15) is 5.10 Å². The molecule has 0 saturated carbocycles. The van der Waals surface area contributed by atoms with Crippen LogP contribution in [-0.2, 0) is 13.2 Å². The van der Waals surface area contributed by atoms with E-state index in [0.29, 0.717) is 12.4 Å². The maximum atomic E-state index is 13.2. The highest BCUT2D eigenvalue weighted by molar-refractivity contribution is 5.88. The van der Waals surface area contributed by atoms with Gasteiger partial charge in [0.1, 0.15) is 23.7 Å². The number of aromatic nitrogens is 3. The number of para-hydroxylation sites is 1. The Morgan fingerprint density at radius 3 is 2.55 bits per heavy atom. The maximum Gasteiger partial charge on any atom is 0.258 e. The van der Waals surface area contributed by atoms with Gasteiger partial charge in [-0.1, -0.05) is 30.3 Å². The van der Waals surface area contributed by atoms with Crippen LogP contribution >= 0.6 is 0 Å². The Bertz CT molecular complexity index is 1150. The Balaban J connectivity index is 1.74. The van der Waals surface area contributed by atoms with Gasteiger partial charge in [0.2, 0.25) is 0 Å². The highest BCUT2D eigenvalue weighted by Crippen LogP contribution is 2.32. The third-order valence-electron chi connectivity index (χ3n) is 5.22. The minimum Gasteiger partial charge on any atom is -0.496 e. The molecule has 0 fully saturated rings. The molecule has 0 aliphatic carbocycles. The quantitative estimate of drug-likeness (QED) is 0.473.